The summed E-state index contributed by atoms with van der Waals surface area (Å²) < 4.78 is 28.0. The average molecular weight is 349 g/mol. The Bertz CT molecular complexity index is 459. The van der Waals surface area contributed by atoms with Crippen LogP contribution in [0.15, 0.2) is 16.6 Å². The van der Waals surface area contributed by atoms with Gasteiger partial charge in [-0.05, 0) is 47.6 Å². The van der Waals surface area contributed by atoms with Crippen LogP contribution in [0.4, 0.5) is 8.78 Å². The third-order valence-corrected chi connectivity index (χ3v) is 4.23. The molecule has 0 amide bonds. The van der Waals surface area contributed by atoms with Gasteiger partial charge in [-0.1, -0.05) is 0 Å². The lowest BCUT2D eigenvalue weighted by atomic mass is 10.2. The Morgan fingerprint density at radius 3 is 2.55 bits per heavy atom. The summed E-state index contributed by atoms with van der Waals surface area (Å²) >= 11 is 3.09. The number of halogens is 3. The van der Waals surface area contributed by atoms with Gasteiger partial charge in [-0.3, -0.25) is 9.80 Å². The van der Waals surface area contributed by atoms with E-state index in [0.29, 0.717) is 11.0 Å². The minimum Gasteiger partial charge on any atom is -0.395 e. The Labute approximate surface area is 126 Å². The molecule has 0 unspecified atom stereocenters. The number of β-amino-alcohol motifs (C(OH)–C–C–N with tert-alkyl or cyclic N) is 1. The summed E-state index contributed by atoms with van der Waals surface area (Å²) in [6.45, 7) is 4.39. The van der Waals surface area contributed by atoms with Gasteiger partial charge in [-0.25, -0.2) is 8.78 Å². The lowest BCUT2D eigenvalue weighted by Gasteiger charge is -2.21. The van der Waals surface area contributed by atoms with E-state index in [1.165, 1.54) is 12.1 Å². The molecule has 1 aromatic rings. The van der Waals surface area contributed by atoms with Crippen LogP contribution in [0.5, 0.6) is 0 Å². The van der Waals surface area contributed by atoms with Gasteiger partial charge in [0.05, 0.1) is 11.1 Å². The summed E-state index contributed by atoms with van der Waals surface area (Å²) in [5.41, 5.74) is 0.120. The van der Waals surface area contributed by atoms with E-state index in [-0.39, 0.29) is 18.7 Å². The van der Waals surface area contributed by atoms with Crippen LogP contribution in [0, 0.1) is 11.6 Å². The van der Waals surface area contributed by atoms with E-state index in [1.807, 2.05) is 0 Å². The van der Waals surface area contributed by atoms with Crippen LogP contribution in [0.1, 0.15) is 12.0 Å². The van der Waals surface area contributed by atoms with E-state index in [2.05, 4.69) is 25.7 Å². The van der Waals surface area contributed by atoms with Crippen molar-refractivity contribution in [3.8, 4) is 0 Å². The van der Waals surface area contributed by atoms with Crippen molar-refractivity contribution in [2.24, 2.45) is 0 Å². The zero-order valence-corrected chi connectivity index (χ0v) is 12.9. The van der Waals surface area contributed by atoms with E-state index >= 15 is 0 Å². The molecule has 1 aromatic carbocycles. The lowest BCUT2D eigenvalue weighted by molar-refractivity contribution is 0.195. The number of aliphatic hydroxyl groups excluding tert-OH is 1. The monoisotopic (exact) mass is 348 g/mol. The molecule has 1 heterocycles. The molecule has 1 aliphatic rings. The predicted molar refractivity (Wildman–Crippen MR) is 77.5 cm³/mol. The minimum absolute atomic E-state index is 0.120. The van der Waals surface area contributed by atoms with Gasteiger partial charge in [0.1, 0.15) is 11.6 Å². The molecular formula is C14H19BrF2N2O. The van der Waals surface area contributed by atoms with Gasteiger partial charge in [0, 0.05) is 31.7 Å². The van der Waals surface area contributed by atoms with Gasteiger partial charge in [-0.15, -0.1) is 0 Å². The average Bonchev–Trinajstić information content (AvgIpc) is 2.65. The minimum atomic E-state index is -0.513. The van der Waals surface area contributed by atoms with Crippen molar-refractivity contribution < 1.29 is 13.9 Å². The third kappa shape index (κ3) is 3.97. The van der Waals surface area contributed by atoms with Gasteiger partial charge < -0.3 is 5.11 Å². The van der Waals surface area contributed by atoms with Crippen LogP contribution < -0.4 is 0 Å². The first kappa shape index (κ1) is 15.8. The van der Waals surface area contributed by atoms with E-state index in [1.54, 1.807) is 0 Å². The number of rotatable bonds is 4. The highest BCUT2D eigenvalue weighted by atomic mass is 79.9. The van der Waals surface area contributed by atoms with Crippen LogP contribution >= 0.6 is 15.9 Å². The van der Waals surface area contributed by atoms with Crippen LogP contribution in [-0.2, 0) is 6.54 Å². The third-order valence-electron chi connectivity index (χ3n) is 3.62. The molecule has 0 radical (unpaired) electrons. The van der Waals surface area contributed by atoms with Crippen LogP contribution in [0.2, 0.25) is 0 Å². The Hall–Kier alpha value is -0.560. The molecule has 1 N–H and O–H groups in total. The van der Waals surface area contributed by atoms with E-state index < -0.39 is 11.6 Å². The zero-order chi connectivity index (χ0) is 14.5. The van der Waals surface area contributed by atoms with E-state index in [0.717, 1.165) is 32.6 Å². The standard InChI is InChI=1S/C14H19BrF2N2O/c15-12-2-3-13(16)11(14(12)17)10-19-5-1-4-18(6-7-19)8-9-20/h2-3,20H,1,4-10H2. The van der Waals surface area contributed by atoms with Crippen LogP contribution in [0.25, 0.3) is 0 Å². The summed E-state index contributed by atoms with van der Waals surface area (Å²) in [6.07, 6.45) is 0.942. The van der Waals surface area contributed by atoms with Crippen molar-refractivity contribution in [1.29, 1.82) is 0 Å². The first-order chi connectivity index (χ1) is 9.61. The van der Waals surface area contributed by atoms with Gasteiger partial charge in [0.15, 0.2) is 0 Å². The van der Waals surface area contributed by atoms with Crippen molar-refractivity contribution >= 4 is 15.9 Å². The molecule has 1 fully saturated rings. The lowest BCUT2D eigenvalue weighted by Crippen LogP contribution is -2.32. The molecule has 3 nitrogen and oxygen atoms in total. The Morgan fingerprint density at radius 1 is 1.10 bits per heavy atom. The zero-order valence-electron chi connectivity index (χ0n) is 11.3. The van der Waals surface area contributed by atoms with Gasteiger partial charge in [-0.2, -0.15) is 0 Å². The number of hydrogen-bond donors (Lipinski definition) is 1. The van der Waals surface area contributed by atoms with Crippen molar-refractivity contribution in [2.75, 3.05) is 39.3 Å². The molecule has 112 valence electrons. The molecule has 1 aliphatic heterocycles. The largest absolute Gasteiger partial charge is 0.395 e. The number of hydrogen-bond acceptors (Lipinski definition) is 3. The molecule has 0 aliphatic carbocycles. The maximum absolute atomic E-state index is 14.0. The number of aliphatic hydroxyl groups is 1. The highest BCUT2D eigenvalue weighted by molar-refractivity contribution is 9.10. The molecule has 2 rings (SSSR count). The summed E-state index contributed by atoms with van der Waals surface area (Å²) in [6, 6.07) is 2.68. The molecule has 0 spiro atoms. The second kappa shape index (κ2) is 7.45. The number of benzene rings is 1. The molecular weight excluding hydrogens is 330 g/mol. The summed E-state index contributed by atoms with van der Waals surface area (Å²) in [7, 11) is 0. The van der Waals surface area contributed by atoms with E-state index in [9.17, 15) is 8.78 Å². The molecule has 0 saturated carbocycles. The normalized spacial score (nSPS) is 18.2. The van der Waals surface area contributed by atoms with Gasteiger partial charge >= 0.3 is 0 Å². The highest BCUT2D eigenvalue weighted by Crippen LogP contribution is 2.23. The molecule has 1 saturated heterocycles. The van der Waals surface area contributed by atoms with Gasteiger partial charge in [0.25, 0.3) is 0 Å². The van der Waals surface area contributed by atoms with Crippen molar-refractivity contribution in [3.63, 3.8) is 0 Å². The SMILES string of the molecule is OCCN1CCCN(Cc2c(F)ccc(Br)c2F)CC1. The first-order valence-electron chi connectivity index (χ1n) is 6.79. The second-order valence-electron chi connectivity index (χ2n) is 5.02. The molecule has 0 aromatic heterocycles. The topological polar surface area (TPSA) is 26.7 Å². The van der Waals surface area contributed by atoms with Crippen LogP contribution in [0.3, 0.4) is 0 Å². The van der Waals surface area contributed by atoms with Crippen molar-refractivity contribution in [2.45, 2.75) is 13.0 Å². The maximum Gasteiger partial charge on any atom is 0.144 e. The maximum atomic E-state index is 14.0. The number of nitrogens with zero attached hydrogens (tertiary/aromatic N) is 2. The van der Waals surface area contributed by atoms with Crippen LogP contribution in [-0.4, -0.2) is 54.2 Å². The van der Waals surface area contributed by atoms with Crippen molar-refractivity contribution in [1.82, 2.24) is 9.80 Å². The molecule has 0 bridgehead atoms. The fourth-order valence-corrected chi connectivity index (χ4v) is 2.86. The van der Waals surface area contributed by atoms with Crippen molar-refractivity contribution in [3.05, 3.63) is 33.8 Å². The smallest absolute Gasteiger partial charge is 0.144 e. The summed E-state index contributed by atoms with van der Waals surface area (Å²) in [5.74, 6) is -1.01. The molecule has 0 atom stereocenters. The van der Waals surface area contributed by atoms with E-state index in [4.69, 9.17) is 5.11 Å². The molecule has 6 heteroatoms. The first-order valence-corrected chi connectivity index (χ1v) is 7.59. The Morgan fingerprint density at radius 2 is 1.80 bits per heavy atom. The second-order valence-corrected chi connectivity index (χ2v) is 5.87. The summed E-state index contributed by atoms with van der Waals surface area (Å²) in [5, 5.41) is 8.96. The fourth-order valence-electron chi connectivity index (χ4n) is 2.49. The Kier molecular flexibility index (Phi) is 5.89. The fraction of sp³-hybridized carbons (Fsp3) is 0.571. The Balaban J connectivity index is 2.02. The summed E-state index contributed by atoms with van der Waals surface area (Å²) in [4.78, 5) is 4.24. The quantitative estimate of drug-likeness (QED) is 0.845. The highest BCUT2D eigenvalue weighted by Gasteiger charge is 2.19. The van der Waals surface area contributed by atoms with Gasteiger partial charge in [0.2, 0.25) is 0 Å². The molecule has 20 heavy (non-hydrogen) atoms. The predicted octanol–water partition coefficient (Wildman–Crippen LogP) is 2.23.